The third kappa shape index (κ3) is 2.97. The number of carbonyl (C=O) groups excluding carboxylic acids is 1. The molecule has 1 heterocycles. The minimum atomic E-state index is -0.657. The number of carbonyl (C=O) groups is 1. The Morgan fingerprint density at radius 1 is 1.23 bits per heavy atom. The molecule has 2 atom stereocenters. The summed E-state index contributed by atoms with van der Waals surface area (Å²) in [7, 11) is 0. The highest BCUT2D eigenvalue weighted by Crippen LogP contribution is 2.31. The van der Waals surface area contributed by atoms with E-state index in [1.54, 1.807) is 0 Å². The van der Waals surface area contributed by atoms with Crippen LogP contribution in [0.5, 0.6) is 5.75 Å². The quantitative estimate of drug-likeness (QED) is 0.915. The van der Waals surface area contributed by atoms with E-state index in [1.807, 2.05) is 55.5 Å². The maximum atomic E-state index is 12.4. The second-order valence-electron chi connectivity index (χ2n) is 5.62. The fourth-order valence-corrected chi connectivity index (χ4v) is 2.68. The van der Waals surface area contributed by atoms with E-state index in [2.05, 4.69) is 5.32 Å². The number of hydrogen-bond acceptors (Lipinski definition) is 3. The van der Waals surface area contributed by atoms with Gasteiger partial charge in [-0.1, -0.05) is 48.0 Å². The predicted molar refractivity (Wildman–Crippen MR) is 85.5 cm³/mol. The van der Waals surface area contributed by atoms with E-state index in [1.165, 1.54) is 0 Å². The van der Waals surface area contributed by atoms with Crippen molar-refractivity contribution in [2.45, 2.75) is 25.4 Å². The molecule has 1 aliphatic heterocycles. The molecule has 0 spiro atoms. The average Bonchev–Trinajstić information content (AvgIpc) is 2.55. The minimum Gasteiger partial charge on any atom is -0.493 e. The number of amides is 1. The molecule has 22 heavy (non-hydrogen) atoms. The van der Waals surface area contributed by atoms with Crippen LogP contribution in [-0.2, 0) is 4.79 Å². The first-order chi connectivity index (χ1) is 10.6. The topological polar surface area (TPSA) is 64.4 Å². The molecule has 0 fully saturated rings. The van der Waals surface area contributed by atoms with Gasteiger partial charge in [-0.3, -0.25) is 4.79 Å². The first-order valence-corrected chi connectivity index (χ1v) is 7.49. The van der Waals surface area contributed by atoms with Crippen LogP contribution in [0.4, 0.5) is 0 Å². The van der Waals surface area contributed by atoms with Gasteiger partial charge in [0.25, 0.3) is 0 Å². The molecule has 3 rings (SSSR count). The summed E-state index contributed by atoms with van der Waals surface area (Å²) < 4.78 is 5.61. The zero-order valence-corrected chi connectivity index (χ0v) is 12.6. The summed E-state index contributed by atoms with van der Waals surface area (Å²) in [6, 6.07) is 14.8. The summed E-state index contributed by atoms with van der Waals surface area (Å²) in [5, 5.41) is 3.04. The fraction of sp³-hybridized carbons (Fsp3) is 0.278. The molecule has 3 N–H and O–H groups in total. The number of nitrogens with two attached hydrogens (primary N) is 1. The Morgan fingerprint density at radius 3 is 2.73 bits per heavy atom. The smallest absolute Gasteiger partial charge is 0.241 e. The molecule has 0 aliphatic carbocycles. The largest absolute Gasteiger partial charge is 0.493 e. The van der Waals surface area contributed by atoms with Crippen LogP contribution in [0.1, 0.15) is 35.2 Å². The van der Waals surface area contributed by atoms with E-state index < -0.39 is 6.04 Å². The van der Waals surface area contributed by atoms with E-state index in [0.717, 1.165) is 28.9 Å². The zero-order chi connectivity index (χ0) is 15.5. The van der Waals surface area contributed by atoms with E-state index in [9.17, 15) is 4.79 Å². The molecule has 2 aromatic carbocycles. The van der Waals surface area contributed by atoms with Crippen molar-refractivity contribution >= 4 is 5.91 Å². The summed E-state index contributed by atoms with van der Waals surface area (Å²) in [6.45, 7) is 2.61. The van der Waals surface area contributed by atoms with Gasteiger partial charge in [-0.2, -0.15) is 0 Å². The van der Waals surface area contributed by atoms with Gasteiger partial charge in [0.05, 0.1) is 12.6 Å². The molecule has 4 nitrogen and oxygen atoms in total. The van der Waals surface area contributed by atoms with E-state index in [0.29, 0.717) is 6.61 Å². The Morgan fingerprint density at radius 2 is 1.95 bits per heavy atom. The van der Waals surface area contributed by atoms with Gasteiger partial charge in [-0.05, 0) is 18.6 Å². The number of nitrogens with one attached hydrogen (secondary N) is 1. The molecule has 0 radical (unpaired) electrons. The molecule has 0 saturated heterocycles. The zero-order valence-electron chi connectivity index (χ0n) is 12.6. The van der Waals surface area contributed by atoms with Crippen LogP contribution in [0.3, 0.4) is 0 Å². The van der Waals surface area contributed by atoms with Crippen LogP contribution in [0.15, 0.2) is 48.5 Å². The van der Waals surface area contributed by atoms with Crippen molar-refractivity contribution in [2.24, 2.45) is 5.73 Å². The van der Waals surface area contributed by atoms with Crippen LogP contribution in [-0.4, -0.2) is 12.5 Å². The maximum Gasteiger partial charge on any atom is 0.241 e. The first-order valence-electron chi connectivity index (χ1n) is 7.49. The highest BCUT2D eigenvalue weighted by atomic mass is 16.5. The lowest BCUT2D eigenvalue weighted by Crippen LogP contribution is -2.38. The molecule has 114 valence electrons. The Balaban J connectivity index is 1.73. The Labute approximate surface area is 130 Å². The highest BCUT2D eigenvalue weighted by molar-refractivity contribution is 5.83. The van der Waals surface area contributed by atoms with Crippen molar-refractivity contribution in [1.82, 2.24) is 5.32 Å². The Bertz CT molecular complexity index is 667. The van der Waals surface area contributed by atoms with Crippen LogP contribution in [0.25, 0.3) is 0 Å². The maximum absolute atomic E-state index is 12.4. The van der Waals surface area contributed by atoms with Gasteiger partial charge in [0.1, 0.15) is 11.8 Å². The standard InChI is InChI=1S/C18H20N2O2/c1-12-6-8-13(9-7-12)17(19)18(21)20-15-10-11-22-16-5-3-2-4-14(15)16/h2-9,15,17H,10-11,19H2,1H3,(H,20,21). The highest BCUT2D eigenvalue weighted by Gasteiger charge is 2.25. The van der Waals surface area contributed by atoms with Crippen molar-refractivity contribution in [2.75, 3.05) is 6.61 Å². The second-order valence-corrected chi connectivity index (χ2v) is 5.62. The van der Waals surface area contributed by atoms with E-state index in [4.69, 9.17) is 10.5 Å². The monoisotopic (exact) mass is 296 g/mol. The van der Waals surface area contributed by atoms with Crippen molar-refractivity contribution in [3.63, 3.8) is 0 Å². The molecule has 4 heteroatoms. The Hall–Kier alpha value is -2.33. The van der Waals surface area contributed by atoms with Gasteiger partial charge in [0.2, 0.25) is 5.91 Å². The van der Waals surface area contributed by atoms with Crippen LogP contribution in [0.2, 0.25) is 0 Å². The summed E-state index contributed by atoms with van der Waals surface area (Å²) in [5.74, 6) is 0.675. The molecular weight excluding hydrogens is 276 g/mol. The molecule has 1 amide bonds. The lowest BCUT2D eigenvalue weighted by atomic mass is 9.99. The van der Waals surface area contributed by atoms with Crippen molar-refractivity contribution < 1.29 is 9.53 Å². The van der Waals surface area contributed by atoms with E-state index >= 15 is 0 Å². The van der Waals surface area contributed by atoms with Crippen molar-refractivity contribution in [3.8, 4) is 5.75 Å². The SMILES string of the molecule is Cc1ccc(C(N)C(=O)NC2CCOc3ccccc32)cc1. The number of ether oxygens (including phenoxy) is 1. The first kappa shape index (κ1) is 14.6. The molecule has 0 saturated carbocycles. The molecule has 1 aliphatic rings. The van der Waals surface area contributed by atoms with Gasteiger partial charge in [-0.25, -0.2) is 0 Å². The normalized spacial score (nSPS) is 18.0. The molecule has 2 unspecified atom stereocenters. The van der Waals surface area contributed by atoms with Gasteiger partial charge >= 0.3 is 0 Å². The number of aryl methyl sites for hydroxylation is 1. The van der Waals surface area contributed by atoms with Gasteiger partial charge < -0.3 is 15.8 Å². The van der Waals surface area contributed by atoms with Gasteiger partial charge in [0, 0.05) is 12.0 Å². The fourth-order valence-electron chi connectivity index (χ4n) is 2.68. The minimum absolute atomic E-state index is 0.0473. The molecule has 0 aromatic heterocycles. The lowest BCUT2D eigenvalue weighted by Gasteiger charge is -2.27. The summed E-state index contributed by atoms with van der Waals surface area (Å²) in [5.41, 5.74) is 9.07. The predicted octanol–water partition coefficient (Wildman–Crippen LogP) is 2.63. The van der Waals surface area contributed by atoms with Crippen LogP contribution >= 0.6 is 0 Å². The van der Waals surface area contributed by atoms with Crippen LogP contribution < -0.4 is 15.8 Å². The average molecular weight is 296 g/mol. The second kappa shape index (κ2) is 6.20. The Kier molecular flexibility index (Phi) is 4.11. The summed E-state index contributed by atoms with van der Waals surface area (Å²) >= 11 is 0. The third-order valence-corrected chi connectivity index (χ3v) is 3.99. The van der Waals surface area contributed by atoms with Crippen molar-refractivity contribution in [1.29, 1.82) is 0 Å². The number of rotatable bonds is 3. The molecule has 2 aromatic rings. The number of benzene rings is 2. The molecular formula is C18H20N2O2. The number of hydrogen-bond donors (Lipinski definition) is 2. The van der Waals surface area contributed by atoms with E-state index in [-0.39, 0.29) is 11.9 Å². The summed E-state index contributed by atoms with van der Waals surface area (Å²) in [6.07, 6.45) is 0.753. The molecule has 0 bridgehead atoms. The number of para-hydroxylation sites is 1. The van der Waals surface area contributed by atoms with Gasteiger partial charge in [-0.15, -0.1) is 0 Å². The van der Waals surface area contributed by atoms with Crippen molar-refractivity contribution in [3.05, 3.63) is 65.2 Å². The van der Waals surface area contributed by atoms with Crippen LogP contribution in [0, 0.1) is 6.92 Å². The third-order valence-electron chi connectivity index (χ3n) is 3.99. The van der Waals surface area contributed by atoms with Gasteiger partial charge in [0.15, 0.2) is 0 Å². The lowest BCUT2D eigenvalue weighted by molar-refractivity contribution is -0.123. The number of fused-ring (bicyclic) bond motifs is 1. The summed E-state index contributed by atoms with van der Waals surface area (Å²) in [4.78, 5) is 12.4.